The molecule has 4 heterocycles. The van der Waals surface area contributed by atoms with Crippen molar-refractivity contribution in [1.82, 2.24) is 19.7 Å². The van der Waals surface area contributed by atoms with Gasteiger partial charge in [0.2, 0.25) is 5.67 Å². The Morgan fingerprint density at radius 1 is 1.04 bits per heavy atom. The lowest BCUT2D eigenvalue weighted by atomic mass is 9.50. The molecular weight excluding hydrogens is 591 g/mol. The third-order valence-electron chi connectivity index (χ3n) is 10.3. The quantitative estimate of drug-likeness (QED) is 0.191. The van der Waals surface area contributed by atoms with Crippen LogP contribution in [0.3, 0.4) is 0 Å². The van der Waals surface area contributed by atoms with E-state index < -0.39 is 35.1 Å². The van der Waals surface area contributed by atoms with Crippen LogP contribution in [0.4, 0.5) is 14.6 Å². The van der Waals surface area contributed by atoms with Gasteiger partial charge < -0.3 is 25.5 Å². The number of para-hydroxylation sites is 1. The molecule has 3 aromatic rings. The second-order valence-electron chi connectivity index (χ2n) is 14.1. The number of rotatable bonds is 8. The largest absolute Gasteiger partial charge is 0.492 e. The highest BCUT2D eigenvalue weighted by atomic mass is 19.1. The molecule has 3 aliphatic rings. The van der Waals surface area contributed by atoms with E-state index in [9.17, 15) is 4.39 Å². The third-order valence-corrected chi connectivity index (χ3v) is 10.3. The van der Waals surface area contributed by atoms with E-state index in [2.05, 4.69) is 15.0 Å². The highest BCUT2D eigenvalue weighted by Gasteiger charge is 2.71. The number of nitrogens with zero attached hydrogens (tertiary/aromatic N) is 5. The number of hydrogen-bond donors (Lipinski definition) is 2. The molecule has 2 aliphatic heterocycles. The minimum absolute atomic E-state index is 0.0349. The summed E-state index contributed by atoms with van der Waals surface area (Å²) in [5.74, 6) is 0.457. The fourth-order valence-electron chi connectivity index (χ4n) is 6.85. The van der Waals surface area contributed by atoms with Crippen molar-refractivity contribution < 1.29 is 22.8 Å². The Labute approximate surface area is 268 Å². The van der Waals surface area contributed by atoms with Crippen molar-refractivity contribution in [1.29, 1.82) is 0 Å². The fourth-order valence-corrected chi connectivity index (χ4v) is 6.85. The SMILES string of the molecule is Cc1c(-c2cnc(C3(F)CC(C)(C4(C)OB(/C(=C/N=C(\N)C5(F)COC5)C(C)C)OC4(C)C)C3)nc2)nn(-c2ccccc2)c1N. The van der Waals surface area contributed by atoms with Crippen LogP contribution in [0.2, 0.25) is 0 Å². The first kappa shape index (κ1) is 32.3. The van der Waals surface area contributed by atoms with Crippen LogP contribution in [-0.2, 0) is 19.7 Å². The molecule has 6 rings (SSSR count). The monoisotopic (exact) mass is 633 g/mol. The van der Waals surface area contributed by atoms with Crippen LogP contribution in [0, 0.1) is 18.3 Å². The molecular formula is C33H42BF2N7O3. The zero-order valence-corrected chi connectivity index (χ0v) is 27.5. The van der Waals surface area contributed by atoms with Crippen molar-refractivity contribution in [3.63, 3.8) is 0 Å². The van der Waals surface area contributed by atoms with Crippen LogP contribution < -0.4 is 11.5 Å². The molecule has 0 spiro atoms. The van der Waals surface area contributed by atoms with Gasteiger partial charge in [0.05, 0.1) is 30.1 Å². The van der Waals surface area contributed by atoms with Gasteiger partial charge in [-0.2, -0.15) is 5.10 Å². The number of allylic oxidation sites excluding steroid dienone is 1. The first-order valence-corrected chi connectivity index (χ1v) is 15.6. The van der Waals surface area contributed by atoms with Gasteiger partial charge in [-0.25, -0.2) is 28.4 Å². The summed E-state index contributed by atoms with van der Waals surface area (Å²) in [5, 5.41) is 4.70. The molecule has 46 heavy (non-hydrogen) atoms. The number of nitrogen functional groups attached to an aromatic ring is 1. The van der Waals surface area contributed by atoms with E-state index in [1.54, 1.807) is 17.1 Å². The first-order valence-electron chi connectivity index (χ1n) is 15.6. The molecule has 0 amide bonds. The Bertz CT molecular complexity index is 1680. The summed E-state index contributed by atoms with van der Waals surface area (Å²) in [7, 11) is -0.766. The molecule has 4 N–H and O–H groups in total. The van der Waals surface area contributed by atoms with Gasteiger partial charge >= 0.3 is 7.12 Å². The summed E-state index contributed by atoms with van der Waals surface area (Å²) in [5.41, 5.74) is 10.1. The molecule has 1 saturated carbocycles. The van der Waals surface area contributed by atoms with Crippen LogP contribution in [-0.4, -0.2) is 62.8 Å². The van der Waals surface area contributed by atoms with Crippen LogP contribution in [0.25, 0.3) is 16.9 Å². The van der Waals surface area contributed by atoms with Crippen LogP contribution in [0.1, 0.15) is 65.8 Å². The summed E-state index contributed by atoms with van der Waals surface area (Å²) in [6.45, 7) is 13.5. The Morgan fingerprint density at radius 3 is 2.24 bits per heavy atom. The van der Waals surface area contributed by atoms with Gasteiger partial charge in [-0.15, -0.1) is 0 Å². The third kappa shape index (κ3) is 5.03. The number of aromatic nitrogens is 4. The summed E-state index contributed by atoms with van der Waals surface area (Å²) >= 11 is 0. The fraction of sp³-hybridized carbons (Fsp3) is 0.515. The van der Waals surface area contributed by atoms with E-state index in [0.717, 1.165) is 11.3 Å². The summed E-state index contributed by atoms with van der Waals surface area (Å²) in [6.07, 6.45) is 5.01. The summed E-state index contributed by atoms with van der Waals surface area (Å²) < 4.78 is 51.0. The number of benzene rings is 1. The second kappa shape index (κ2) is 11.0. The number of nitrogens with two attached hydrogens (primary N) is 2. The topological polar surface area (TPSA) is 136 Å². The van der Waals surface area contributed by atoms with Crippen LogP contribution in [0.15, 0.2) is 59.4 Å². The number of hydrogen-bond acceptors (Lipinski definition) is 8. The van der Waals surface area contributed by atoms with Crippen molar-refractivity contribution in [3.8, 4) is 16.9 Å². The van der Waals surface area contributed by atoms with Gasteiger partial charge in [0.15, 0.2) is 11.5 Å². The van der Waals surface area contributed by atoms with Gasteiger partial charge in [-0.05, 0) is 64.1 Å². The number of anilines is 1. The standard InChI is InChI=1S/C33H42BF2N7O3/c1-20(2)24(15-39-27(38)33(36)18-44-19-33)34-45-29(4,5)31(7,46-34)30(6)16-32(35,17-30)28-40-13-22(14-41-28)25-21(3)26(37)43(42-25)23-11-9-8-10-12-23/h8-15,20H,16-19,37H2,1-7H3,(H2,38,39)/b24-15+. The van der Waals surface area contributed by atoms with Crippen molar-refractivity contribution in [3.05, 3.63) is 65.8 Å². The van der Waals surface area contributed by atoms with E-state index in [-0.39, 0.29) is 43.6 Å². The first-order chi connectivity index (χ1) is 21.5. The summed E-state index contributed by atoms with van der Waals surface area (Å²) in [6, 6.07) is 9.61. The number of amidine groups is 1. The predicted molar refractivity (Wildman–Crippen MR) is 173 cm³/mol. The Hall–Kier alpha value is -3.68. The maximum Gasteiger partial charge on any atom is 0.492 e. The van der Waals surface area contributed by atoms with Crippen molar-refractivity contribution in [2.75, 3.05) is 18.9 Å². The number of halogens is 2. The number of ether oxygens (including phenoxy) is 1. The zero-order chi connectivity index (χ0) is 33.3. The maximum atomic E-state index is 16.5. The summed E-state index contributed by atoms with van der Waals surface area (Å²) in [4.78, 5) is 13.2. The van der Waals surface area contributed by atoms with Crippen LogP contribution in [0.5, 0.6) is 0 Å². The average molecular weight is 634 g/mol. The molecule has 13 heteroatoms. The normalized spacial score (nSPS) is 29.1. The highest BCUT2D eigenvalue weighted by Crippen LogP contribution is 2.65. The van der Waals surface area contributed by atoms with Crippen molar-refractivity contribution in [2.45, 2.75) is 83.8 Å². The van der Waals surface area contributed by atoms with Crippen LogP contribution >= 0.6 is 0 Å². The van der Waals surface area contributed by atoms with Gasteiger partial charge in [-0.3, -0.25) is 0 Å². The Kier molecular flexibility index (Phi) is 7.68. The molecule has 244 valence electrons. The van der Waals surface area contributed by atoms with Gasteiger partial charge in [0.1, 0.15) is 17.3 Å². The molecule has 1 unspecified atom stereocenters. The molecule has 1 aromatic carbocycles. The van der Waals surface area contributed by atoms with Gasteiger partial charge in [0.25, 0.3) is 0 Å². The smallest absolute Gasteiger partial charge is 0.399 e. The highest BCUT2D eigenvalue weighted by molar-refractivity contribution is 6.54. The average Bonchev–Trinajstić information content (AvgIpc) is 3.42. The van der Waals surface area contributed by atoms with E-state index in [1.165, 1.54) is 6.20 Å². The van der Waals surface area contributed by atoms with E-state index >= 15 is 4.39 Å². The minimum atomic E-state index is -1.76. The maximum absolute atomic E-state index is 16.5. The predicted octanol–water partition coefficient (Wildman–Crippen LogP) is 5.43. The molecule has 3 fully saturated rings. The van der Waals surface area contributed by atoms with Crippen molar-refractivity contribution >= 4 is 18.8 Å². The number of aliphatic imine (C=N–C) groups is 1. The Balaban J connectivity index is 1.20. The van der Waals surface area contributed by atoms with E-state index in [4.69, 9.17) is 30.6 Å². The lowest BCUT2D eigenvalue weighted by Gasteiger charge is -2.59. The minimum Gasteiger partial charge on any atom is -0.399 e. The van der Waals surface area contributed by atoms with Crippen molar-refractivity contribution in [2.24, 2.45) is 22.1 Å². The lowest BCUT2D eigenvalue weighted by Crippen LogP contribution is -2.64. The molecule has 2 saturated heterocycles. The molecule has 0 bridgehead atoms. The van der Waals surface area contributed by atoms with E-state index in [1.807, 2.05) is 78.8 Å². The molecule has 0 radical (unpaired) electrons. The van der Waals surface area contributed by atoms with Gasteiger partial charge in [-0.1, -0.05) is 39.0 Å². The zero-order valence-electron chi connectivity index (χ0n) is 27.5. The molecule has 1 atom stereocenters. The molecule has 1 aliphatic carbocycles. The number of alkyl halides is 2. The lowest BCUT2D eigenvalue weighted by molar-refractivity contribution is -0.198. The second-order valence-corrected chi connectivity index (χ2v) is 14.1. The molecule has 2 aromatic heterocycles. The molecule has 10 nitrogen and oxygen atoms in total. The Morgan fingerprint density at radius 2 is 1.67 bits per heavy atom. The van der Waals surface area contributed by atoms with Gasteiger partial charge in [0, 0.05) is 35.1 Å². The van der Waals surface area contributed by atoms with E-state index in [0.29, 0.717) is 22.5 Å².